The lowest BCUT2D eigenvalue weighted by molar-refractivity contribution is -0.184. The van der Waals surface area contributed by atoms with Gasteiger partial charge in [0.2, 0.25) is 0 Å². The quantitative estimate of drug-likeness (QED) is 0.835. The molecule has 1 fully saturated rings. The molecule has 25 heavy (non-hydrogen) atoms. The Labute approximate surface area is 141 Å². The van der Waals surface area contributed by atoms with Gasteiger partial charge in [0.05, 0.1) is 5.92 Å². The van der Waals surface area contributed by atoms with Crippen LogP contribution in [0.4, 0.5) is 18.0 Å². The third-order valence-corrected chi connectivity index (χ3v) is 5.06. The van der Waals surface area contributed by atoms with Crippen LogP contribution in [-0.4, -0.2) is 31.8 Å². The maximum atomic E-state index is 12.7. The summed E-state index contributed by atoms with van der Waals surface area (Å²) in [5.41, 5.74) is -0.459. The zero-order valence-corrected chi connectivity index (χ0v) is 13.5. The van der Waals surface area contributed by atoms with Gasteiger partial charge in [-0.25, -0.2) is 18.8 Å². The van der Waals surface area contributed by atoms with Crippen molar-refractivity contribution in [2.45, 2.75) is 63.9 Å². The number of carbonyl (C=O) groups is 1. The van der Waals surface area contributed by atoms with E-state index in [1.807, 2.05) is 0 Å². The van der Waals surface area contributed by atoms with Gasteiger partial charge in [-0.05, 0) is 38.0 Å². The second-order valence-electron chi connectivity index (χ2n) is 6.74. The highest BCUT2D eigenvalue weighted by Gasteiger charge is 2.41. The van der Waals surface area contributed by atoms with E-state index in [9.17, 15) is 22.8 Å². The average Bonchev–Trinajstić information content (AvgIpc) is 2.84. The van der Waals surface area contributed by atoms with Crippen molar-refractivity contribution in [2.75, 3.05) is 0 Å². The van der Waals surface area contributed by atoms with Crippen LogP contribution < -0.4 is 5.69 Å². The molecule has 140 valence electrons. The summed E-state index contributed by atoms with van der Waals surface area (Å²) in [7, 11) is 0. The Morgan fingerprint density at radius 3 is 2.52 bits per heavy atom. The van der Waals surface area contributed by atoms with E-state index in [0.29, 0.717) is 37.9 Å². The van der Waals surface area contributed by atoms with Crippen molar-refractivity contribution < 1.29 is 27.8 Å². The fraction of sp³-hybridized carbons (Fsp3) is 0.800. The molecule has 1 aliphatic carbocycles. The lowest BCUT2D eigenvalue weighted by Gasteiger charge is -2.29. The largest absolute Gasteiger partial charge is 0.507 e. The Morgan fingerprint density at radius 2 is 1.92 bits per heavy atom. The molecule has 1 saturated carbocycles. The standard InChI is InChI=1S/C15H20F3N3O4/c16-15(17,18)10-6-4-9(5-7-10)8-20-13(22)21-11(19-20)2-1-3-12(21)25-14(23)24/h9-10,12H,1-8H2,(H,23,24). The number of carboxylic acid groups (broad SMARTS) is 1. The Bertz CT molecular complexity index is 689. The molecule has 3 rings (SSSR count). The molecule has 1 aromatic rings. The normalized spacial score (nSPS) is 26.9. The van der Waals surface area contributed by atoms with Gasteiger partial charge in [-0.3, -0.25) is 0 Å². The summed E-state index contributed by atoms with van der Waals surface area (Å²) in [6.07, 6.45) is -3.96. The molecule has 0 amide bonds. The van der Waals surface area contributed by atoms with Crippen LogP contribution in [-0.2, 0) is 17.7 Å². The van der Waals surface area contributed by atoms with Crippen molar-refractivity contribution in [3.8, 4) is 0 Å². The highest BCUT2D eigenvalue weighted by Crippen LogP contribution is 2.39. The van der Waals surface area contributed by atoms with Crippen molar-refractivity contribution >= 4 is 6.16 Å². The summed E-state index contributed by atoms with van der Waals surface area (Å²) < 4.78 is 45.4. The summed E-state index contributed by atoms with van der Waals surface area (Å²) in [5.74, 6) is -0.831. The number of fused-ring (bicyclic) bond motifs is 1. The lowest BCUT2D eigenvalue weighted by Crippen LogP contribution is -2.34. The Balaban J connectivity index is 1.70. The van der Waals surface area contributed by atoms with E-state index in [4.69, 9.17) is 9.84 Å². The van der Waals surface area contributed by atoms with Gasteiger partial charge in [0.15, 0.2) is 6.23 Å². The summed E-state index contributed by atoms with van der Waals surface area (Å²) in [6.45, 7) is 0.253. The summed E-state index contributed by atoms with van der Waals surface area (Å²) in [6, 6.07) is 0. The first-order valence-electron chi connectivity index (χ1n) is 8.40. The van der Waals surface area contributed by atoms with Crippen molar-refractivity contribution in [1.29, 1.82) is 0 Å². The van der Waals surface area contributed by atoms with Gasteiger partial charge in [0.25, 0.3) is 0 Å². The Morgan fingerprint density at radius 1 is 1.24 bits per heavy atom. The maximum absolute atomic E-state index is 12.7. The molecule has 7 nitrogen and oxygen atoms in total. The van der Waals surface area contributed by atoms with Crippen LogP contribution in [0.5, 0.6) is 0 Å². The summed E-state index contributed by atoms with van der Waals surface area (Å²) in [5, 5.41) is 13.0. The van der Waals surface area contributed by atoms with Crippen molar-refractivity contribution in [3.63, 3.8) is 0 Å². The first kappa shape index (κ1) is 17.8. The van der Waals surface area contributed by atoms with Crippen molar-refractivity contribution in [3.05, 3.63) is 16.3 Å². The van der Waals surface area contributed by atoms with Gasteiger partial charge >= 0.3 is 18.0 Å². The van der Waals surface area contributed by atoms with E-state index in [1.54, 1.807) is 0 Å². The van der Waals surface area contributed by atoms with Gasteiger partial charge in [0, 0.05) is 19.4 Å². The van der Waals surface area contributed by atoms with E-state index in [2.05, 4.69) is 5.10 Å². The predicted molar refractivity (Wildman–Crippen MR) is 79.1 cm³/mol. The molecule has 1 N–H and O–H groups in total. The van der Waals surface area contributed by atoms with Crippen LogP contribution in [0.15, 0.2) is 4.79 Å². The van der Waals surface area contributed by atoms with Crippen LogP contribution in [0.25, 0.3) is 0 Å². The summed E-state index contributed by atoms with van der Waals surface area (Å²) >= 11 is 0. The number of nitrogens with zero attached hydrogens (tertiary/aromatic N) is 3. The minimum Gasteiger partial charge on any atom is -0.450 e. The van der Waals surface area contributed by atoms with Crippen LogP contribution in [0, 0.1) is 11.8 Å². The topological polar surface area (TPSA) is 86.3 Å². The molecule has 0 spiro atoms. The molecule has 0 saturated heterocycles. The van der Waals surface area contributed by atoms with Gasteiger partial charge < -0.3 is 9.84 Å². The van der Waals surface area contributed by atoms with Crippen molar-refractivity contribution in [1.82, 2.24) is 14.3 Å². The monoisotopic (exact) mass is 363 g/mol. The smallest absolute Gasteiger partial charge is 0.450 e. The number of hydrogen-bond donors (Lipinski definition) is 1. The van der Waals surface area contributed by atoms with E-state index in [0.717, 1.165) is 0 Å². The van der Waals surface area contributed by atoms with E-state index in [-0.39, 0.29) is 25.3 Å². The minimum absolute atomic E-state index is 0.0351. The number of alkyl halides is 3. The lowest BCUT2D eigenvalue weighted by atomic mass is 9.81. The highest BCUT2D eigenvalue weighted by molar-refractivity contribution is 5.56. The molecule has 0 radical (unpaired) electrons. The van der Waals surface area contributed by atoms with Crippen LogP contribution >= 0.6 is 0 Å². The van der Waals surface area contributed by atoms with Crippen LogP contribution in [0.2, 0.25) is 0 Å². The zero-order chi connectivity index (χ0) is 18.2. The third kappa shape index (κ3) is 3.82. The number of halogens is 3. The molecule has 1 unspecified atom stereocenters. The van der Waals surface area contributed by atoms with E-state index < -0.39 is 30.2 Å². The molecule has 1 aromatic heterocycles. The second-order valence-corrected chi connectivity index (χ2v) is 6.74. The van der Waals surface area contributed by atoms with E-state index >= 15 is 0 Å². The summed E-state index contributed by atoms with van der Waals surface area (Å²) in [4.78, 5) is 23.3. The van der Waals surface area contributed by atoms with Crippen LogP contribution in [0.1, 0.15) is 50.6 Å². The molecule has 1 atom stereocenters. The number of ether oxygens (including phenoxy) is 1. The first-order valence-corrected chi connectivity index (χ1v) is 8.40. The molecule has 0 bridgehead atoms. The number of hydrogen-bond acceptors (Lipinski definition) is 4. The fourth-order valence-electron chi connectivity index (χ4n) is 3.75. The average molecular weight is 363 g/mol. The van der Waals surface area contributed by atoms with E-state index in [1.165, 1.54) is 9.25 Å². The predicted octanol–water partition coefficient (Wildman–Crippen LogP) is 2.94. The number of aryl methyl sites for hydroxylation is 1. The molecular formula is C15H20F3N3O4. The maximum Gasteiger partial charge on any atom is 0.507 e. The fourth-order valence-corrected chi connectivity index (χ4v) is 3.75. The van der Waals surface area contributed by atoms with Crippen LogP contribution in [0.3, 0.4) is 0 Å². The second kappa shape index (κ2) is 6.72. The highest BCUT2D eigenvalue weighted by atomic mass is 19.4. The third-order valence-electron chi connectivity index (χ3n) is 5.06. The number of aromatic nitrogens is 3. The van der Waals surface area contributed by atoms with Gasteiger partial charge in [-0.2, -0.15) is 18.3 Å². The molecule has 2 heterocycles. The molecule has 10 heteroatoms. The minimum atomic E-state index is -4.16. The molecule has 1 aliphatic heterocycles. The Kier molecular flexibility index (Phi) is 4.79. The number of rotatable bonds is 3. The Hall–Kier alpha value is -2.00. The molecule has 0 aromatic carbocycles. The zero-order valence-electron chi connectivity index (χ0n) is 13.5. The van der Waals surface area contributed by atoms with Gasteiger partial charge in [0.1, 0.15) is 5.82 Å². The van der Waals surface area contributed by atoms with Crippen molar-refractivity contribution in [2.24, 2.45) is 11.8 Å². The van der Waals surface area contributed by atoms with Gasteiger partial charge in [-0.1, -0.05) is 0 Å². The molecule has 2 aliphatic rings. The first-order chi connectivity index (χ1) is 11.8. The van der Waals surface area contributed by atoms with Gasteiger partial charge in [-0.15, -0.1) is 0 Å². The SMILES string of the molecule is O=C(O)OC1CCCc2nn(CC3CCC(C(F)(F)F)CC3)c(=O)n21. The molecular weight excluding hydrogens is 343 g/mol.